The van der Waals surface area contributed by atoms with Crippen molar-refractivity contribution in [3.05, 3.63) is 35.9 Å². The minimum absolute atomic E-state index is 0.0457. The number of nitrogens with two attached hydrogens (primary N) is 1. The molecular formula is C17H23N3O. The van der Waals surface area contributed by atoms with Crippen LogP contribution in [0.2, 0.25) is 0 Å². The van der Waals surface area contributed by atoms with E-state index < -0.39 is 0 Å². The average Bonchev–Trinajstić information content (AvgIpc) is 2.43. The molecular weight excluding hydrogens is 262 g/mol. The summed E-state index contributed by atoms with van der Waals surface area (Å²) in [6.07, 6.45) is 0. The molecule has 0 unspecified atom stereocenters. The van der Waals surface area contributed by atoms with E-state index in [0.29, 0.717) is 23.8 Å². The van der Waals surface area contributed by atoms with Gasteiger partial charge in [0.15, 0.2) is 0 Å². The fourth-order valence-corrected chi connectivity index (χ4v) is 1.99. The molecule has 2 rings (SSSR count). The van der Waals surface area contributed by atoms with Gasteiger partial charge in [0.1, 0.15) is 5.82 Å². The van der Waals surface area contributed by atoms with E-state index in [1.54, 1.807) is 6.07 Å². The molecule has 0 radical (unpaired) electrons. The Labute approximate surface area is 125 Å². The number of amides is 1. The summed E-state index contributed by atoms with van der Waals surface area (Å²) in [6.45, 7) is 9.24. The van der Waals surface area contributed by atoms with Gasteiger partial charge in [-0.15, -0.1) is 0 Å². The van der Waals surface area contributed by atoms with Gasteiger partial charge in [-0.3, -0.25) is 4.79 Å². The van der Waals surface area contributed by atoms with Gasteiger partial charge in [-0.25, -0.2) is 4.98 Å². The molecule has 1 aromatic carbocycles. The highest BCUT2D eigenvalue weighted by Crippen LogP contribution is 2.25. The van der Waals surface area contributed by atoms with Crippen LogP contribution in [-0.4, -0.2) is 17.4 Å². The molecule has 0 atom stereocenters. The molecule has 0 bridgehead atoms. The second-order valence-electron chi connectivity index (χ2n) is 6.44. The number of anilines is 1. The summed E-state index contributed by atoms with van der Waals surface area (Å²) >= 11 is 0. The predicted molar refractivity (Wildman–Crippen MR) is 87.1 cm³/mol. The van der Waals surface area contributed by atoms with Gasteiger partial charge in [0.2, 0.25) is 0 Å². The molecule has 0 aliphatic heterocycles. The molecule has 1 aromatic heterocycles. The molecule has 0 saturated carbocycles. The minimum Gasteiger partial charge on any atom is -0.384 e. The van der Waals surface area contributed by atoms with E-state index in [1.807, 2.05) is 24.3 Å². The number of rotatable bonds is 4. The van der Waals surface area contributed by atoms with Gasteiger partial charge in [-0.1, -0.05) is 45.9 Å². The number of hydrogen-bond acceptors (Lipinski definition) is 3. The van der Waals surface area contributed by atoms with Gasteiger partial charge in [0.25, 0.3) is 5.91 Å². The third kappa shape index (κ3) is 3.32. The highest BCUT2D eigenvalue weighted by molar-refractivity contribution is 6.06. The van der Waals surface area contributed by atoms with Crippen molar-refractivity contribution < 1.29 is 4.79 Å². The number of pyridine rings is 1. The first-order valence-corrected chi connectivity index (χ1v) is 7.25. The van der Waals surface area contributed by atoms with E-state index in [1.165, 1.54) is 0 Å². The fraction of sp³-hybridized carbons (Fsp3) is 0.412. The van der Waals surface area contributed by atoms with Gasteiger partial charge in [0.05, 0.1) is 11.1 Å². The Hall–Kier alpha value is -2.10. The number of aromatic nitrogens is 1. The summed E-state index contributed by atoms with van der Waals surface area (Å²) in [7, 11) is 0. The summed E-state index contributed by atoms with van der Waals surface area (Å²) in [5.41, 5.74) is 7.17. The molecule has 4 heteroatoms. The topological polar surface area (TPSA) is 68.0 Å². The summed E-state index contributed by atoms with van der Waals surface area (Å²) in [5.74, 6) is 0.744. The highest BCUT2D eigenvalue weighted by Gasteiger charge is 2.23. The van der Waals surface area contributed by atoms with Crippen LogP contribution in [0.5, 0.6) is 0 Å². The first-order chi connectivity index (χ1) is 9.81. The second kappa shape index (κ2) is 5.72. The quantitative estimate of drug-likeness (QED) is 0.906. The Morgan fingerprint density at radius 2 is 2.00 bits per heavy atom. The normalized spacial score (nSPS) is 11.9. The Balaban J connectivity index is 2.28. The molecule has 0 spiro atoms. The second-order valence-corrected chi connectivity index (χ2v) is 6.44. The van der Waals surface area contributed by atoms with Crippen LogP contribution in [0.4, 0.5) is 5.82 Å². The SMILES string of the molecule is CC(C)C(C)(C)CNC(=O)c1cc(N)nc2ccccc12. The summed E-state index contributed by atoms with van der Waals surface area (Å²) in [4.78, 5) is 16.7. The van der Waals surface area contributed by atoms with Gasteiger partial charge >= 0.3 is 0 Å². The maximum atomic E-state index is 12.5. The summed E-state index contributed by atoms with van der Waals surface area (Å²) < 4.78 is 0. The fourth-order valence-electron chi connectivity index (χ4n) is 1.99. The van der Waals surface area contributed by atoms with Crippen LogP contribution < -0.4 is 11.1 Å². The number of hydrogen-bond donors (Lipinski definition) is 2. The standard InChI is InChI=1S/C17H23N3O/c1-11(2)17(3,4)10-19-16(21)13-9-15(18)20-14-8-6-5-7-12(13)14/h5-9,11H,10H2,1-4H3,(H2,18,20)(H,19,21). The van der Waals surface area contributed by atoms with Crippen LogP contribution in [0.3, 0.4) is 0 Å². The Bertz CT molecular complexity index is 662. The van der Waals surface area contributed by atoms with Crippen molar-refractivity contribution in [3.63, 3.8) is 0 Å². The predicted octanol–water partition coefficient (Wildman–Crippen LogP) is 3.23. The zero-order chi connectivity index (χ0) is 15.6. The average molecular weight is 285 g/mol. The number of carbonyl (C=O) groups excluding carboxylic acids is 1. The van der Waals surface area contributed by atoms with Crippen molar-refractivity contribution in [2.45, 2.75) is 27.7 Å². The third-order valence-corrected chi connectivity index (χ3v) is 4.25. The molecule has 0 aliphatic rings. The maximum Gasteiger partial charge on any atom is 0.252 e. The number of fused-ring (bicyclic) bond motifs is 1. The number of benzene rings is 1. The van der Waals surface area contributed by atoms with Crippen molar-refractivity contribution in [2.75, 3.05) is 12.3 Å². The van der Waals surface area contributed by atoms with Crippen LogP contribution >= 0.6 is 0 Å². The zero-order valence-electron chi connectivity index (χ0n) is 13.1. The lowest BCUT2D eigenvalue weighted by molar-refractivity contribution is 0.0926. The number of para-hydroxylation sites is 1. The first-order valence-electron chi connectivity index (χ1n) is 7.25. The Morgan fingerprint density at radius 1 is 1.33 bits per heavy atom. The van der Waals surface area contributed by atoms with Crippen LogP contribution in [-0.2, 0) is 0 Å². The monoisotopic (exact) mass is 285 g/mol. The Morgan fingerprint density at radius 3 is 2.67 bits per heavy atom. The number of nitrogens with one attached hydrogen (secondary N) is 1. The maximum absolute atomic E-state index is 12.5. The van der Waals surface area contributed by atoms with E-state index in [-0.39, 0.29) is 11.3 Å². The summed E-state index contributed by atoms with van der Waals surface area (Å²) in [6, 6.07) is 9.18. The van der Waals surface area contributed by atoms with Gasteiger partial charge < -0.3 is 11.1 Å². The van der Waals surface area contributed by atoms with Gasteiger partial charge in [0, 0.05) is 11.9 Å². The smallest absolute Gasteiger partial charge is 0.252 e. The molecule has 21 heavy (non-hydrogen) atoms. The Kier molecular flexibility index (Phi) is 4.16. The van der Waals surface area contributed by atoms with Gasteiger partial charge in [-0.05, 0) is 23.5 Å². The van der Waals surface area contributed by atoms with Crippen LogP contribution in [0.1, 0.15) is 38.1 Å². The third-order valence-electron chi connectivity index (χ3n) is 4.25. The van der Waals surface area contributed by atoms with Crippen molar-refractivity contribution in [1.29, 1.82) is 0 Å². The molecule has 1 amide bonds. The molecule has 112 valence electrons. The molecule has 4 nitrogen and oxygen atoms in total. The van der Waals surface area contributed by atoms with E-state index in [9.17, 15) is 4.79 Å². The molecule has 2 aromatic rings. The molecule has 0 fully saturated rings. The number of carbonyl (C=O) groups is 1. The van der Waals surface area contributed by atoms with Crippen LogP contribution in [0.25, 0.3) is 10.9 Å². The van der Waals surface area contributed by atoms with Crippen LogP contribution in [0, 0.1) is 11.3 Å². The van der Waals surface area contributed by atoms with E-state index >= 15 is 0 Å². The lowest BCUT2D eigenvalue weighted by atomic mass is 9.81. The minimum atomic E-state index is -0.103. The van der Waals surface area contributed by atoms with Crippen molar-refractivity contribution in [3.8, 4) is 0 Å². The van der Waals surface area contributed by atoms with Crippen molar-refractivity contribution >= 4 is 22.6 Å². The van der Waals surface area contributed by atoms with Crippen molar-refractivity contribution in [2.24, 2.45) is 11.3 Å². The zero-order valence-corrected chi connectivity index (χ0v) is 13.1. The lowest BCUT2D eigenvalue weighted by Gasteiger charge is -2.29. The molecule has 3 N–H and O–H groups in total. The van der Waals surface area contributed by atoms with Crippen molar-refractivity contribution in [1.82, 2.24) is 10.3 Å². The largest absolute Gasteiger partial charge is 0.384 e. The van der Waals surface area contributed by atoms with E-state index in [2.05, 4.69) is 38.0 Å². The number of nitrogen functional groups attached to an aromatic ring is 1. The number of nitrogens with zero attached hydrogens (tertiary/aromatic N) is 1. The summed E-state index contributed by atoms with van der Waals surface area (Å²) in [5, 5.41) is 3.84. The molecule has 0 saturated heterocycles. The van der Waals surface area contributed by atoms with Crippen LogP contribution in [0.15, 0.2) is 30.3 Å². The van der Waals surface area contributed by atoms with Gasteiger partial charge in [-0.2, -0.15) is 0 Å². The van der Waals surface area contributed by atoms with E-state index in [0.717, 1.165) is 10.9 Å². The highest BCUT2D eigenvalue weighted by atomic mass is 16.1. The lowest BCUT2D eigenvalue weighted by Crippen LogP contribution is -2.37. The van der Waals surface area contributed by atoms with E-state index in [4.69, 9.17) is 5.73 Å². The molecule has 0 aliphatic carbocycles. The first kappa shape index (κ1) is 15.3. The molecule has 1 heterocycles.